The molecule has 1 fully saturated rings. The van der Waals surface area contributed by atoms with Gasteiger partial charge >= 0.3 is 6.09 Å². The fraction of sp³-hybridized carbons (Fsp3) is 0.355. The number of nitrogens with one attached hydrogen (secondary N) is 1. The van der Waals surface area contributed by atoms with Gasteiger partial charge in [0.25, 0.3) is 11.6 Å². The van der Waals surface area contributed by atoms with Gasteiger partial charge in [0.05, 0.1) is 10.5 Å². The van der Waals surface area contributed by atoms with Crippen LogP contribution in [-0.2, 0) is 14.8 Å². The number of rotatable bonds is 7. The van der Waals surface area contributed by atoms with Gasteiger partial charge in [-0.05, 0) is 58.2 Å². The van der Waals surface area contributed by atoms with Gasteiger partial charge in [-0.2, -0.15) is 19.1 Å². The van der Waals surface area contributed by atoms with Crippen molar-refractivity contribution in [2.24, 2.45) is 0 Å². The van der Waals surface area contributed by atoms with Gasteiger partial charge in [0.15, 0.2) is 10.5 Å². The second kappa shape index (κ2) is 11.7. The lowest BCUT2D eigenvalue weighted by molar-refractivity contribution is -0.387. The summed E-state index contributed by atoms with van der Waals surface area (Å²) in [4.78, 5) is 29.6. The first-order valence-electron chi connectivity index (χ1n) is 14.4. The Balaban J connectivity index is 1.63. The number of pyridine rings is 1. The molecule has 1 amide bonds. The highest BCUT2D eigenvalue weighted by molar-refractivity contribution is 7.89. The van der Waals surface area contributed by atoms with Gasteiger partial charge in [0.1, 0.15) is 23.1 Å². The molecule has 5 rings (SSSR count). The van der Waals surface area contributed by atoms with Crippen molar-refractivity contribution in [3.8, 4) is 17.2 Å². The minimum absolute atomic E-state index is 0.0744. The molecule has 0 unspecified atom stereocenters. The van der Waals surface area contributed by atoms with E-state index in [2.05, 4.69) is 21.5 Å². The summed E-state index contributed by atoms with van der Waals surface area (Å²) >= 11 is 0. The maximum Gasteiger partial charge on any atom is 0.414 e. The third-order valence-electron chi connectivity index (χ3n) is 8.00. The Bertz CT molecular complexity index is 2000. The summed E-state index contributed by atoms with van der Waals surface area (Å²) in [6, 6.07) is 16.9. The van der Waals surface area contributed by atoms with E-state index in [4.69, 9.17) is 4.74 Å². The van der Waals surface area contributed by atoms with E-state index < -0.39 is 42.8 Å². The summed E-state index contributed by atoms with van der Waals surface area (Å²) in [6.07, 6.45) is -0.394. The SMILES string of the molecule is Cc1c(-c2ccccc2)c(N2CC[C@](C)(N(C)S(=O)(=O)c3ccccc3[N+](=O)[O-])C2)n2nc(NC(=O)OC(C)(C)C)nc2c1C#N. The van der Waals surface area contributed by atoms with Crippen molar-refractivity contribution in [3.05, 3.63) is 75.8 Å². The van der Waals surface area contributed by atoms with Crippen LogP contribution in [0.3, 0.4) is 0 Å². The molecule has 2 aromatic heterocycles. The van der Waals surface area contributed by atoms with Gasteiger partial charge in [-0.3, -0.25) is 15.4 Å². The molecule has 14 nitrogen and oxygen atoms in total. The van der Waals surface area contributed by atoms with Crippen LogP contribution in [0.1, 0.15) is 45.2 Å². The number of benzene rings is 2. The van der Waals surface area contributed by atoms with E-state index in [1.807, 2.05) is 35.2 Å². The minimum atomic E-state index is -4.28. The fourth-order valence-electron chi connectivity index (χ4n) is 5.66. The number of carbonyl (C=O) groups is 1. The maximum atomic E-state index is 13.8. The zero-order valence-corrected chi connectivity index (χ0v) is 27.1. The normalized spacial score (nSPS) is 16.9. The zero-order chi connectivity index (χ0) is 33.6. The molecular formula is C31H34N8O6S. The molecule has 0 radical (unpaired) electrons. The Kier molecular flexibility index (Phi) is 8.22. The predicted molar refractivity (Wildman–Crippen MR) is 171 cm³/mol. The van der Waals surface area contributed by atoms with Crippen molar-refractivity contribution < 1.29 is 22.9 Å². The average Bonchev–Trinajstić information content (AvgIpc) is 3.59. The van der Waals surface area contributed by atoms with Crippen molar-refractivity contribution >= 4 is 39.2 Å². The number of likely N-dealkylation sites (N-methyl/N-ethyl adjacent to an activating group) is 1. The van der Waals surface area contributed by atoms with Crippen LogP contribution in [-0.4, -0.2) is 69.6 Å². The van der Waals surface area contributed by atoms with E-state index in [-0.39, 0.29) is 23.7 Å². The lowest BCUT2D eigenvalue weighted by Gasteiger charge is -2.35. The van der Waals surface area contributed by atoms with Crippen LogP contribution in [0.25, 0.3) is 16.8 Å². The molecule has 1 atom stereocenters. The van der Waals surface area contributed by atoms with Crippen molar-refractivity contribution in [1.82, 2.24) is 18.9 Å². The average molecular weight is 647 g/mol. The molecule has 15 heteroatoms. The summed E-state index contributed by atoms with van der Waals surface area (Å²) in [5.41, 5.74) is 0.296. The summed E-state index contributed by atoms with van der Waals surface area (Å²) in [5, 5.41) is 29.0. The first-order valence-corrected chi connectivity index (χ1v) is 15.9. The number of sulfonamides is 1. The molecule has 0 spiro atoms. The summed E-state index contributed by atoms with van der Waals surface area (Å²) in [6.45, 7) is 9.32. The van der Waals surface area contributed by atoms with Crippen LogP contribution in [0.15, 0.2) is 59.5 Å². The van der Waals surface area contributed by atoms with E-state index in [0.29, 0.717) is 29.9 Å². The number of nitro groups is 1. The number of nitriles is 1. The first kappa shape index (κ1) is 32.3. The molecule has 46 heavy (non-hydrogen) atoms. The summed E-state index contributed by atoms with van der Waals surface area (Å²) in [7, 11) is -2.86. The molecule has 0 saturated carbocycles. The topological polar surface area (TPSA) is 176 Å². The Labute approximate surface area is 266 Å². The van der Waals surface area contributed by atoms with Gasteiger partial charge < -0.3 is 9.64 Å². The van der Waals surface area contributed by atoms with Gasteiger partial charge in [-0.1, -0.05) is 42.5 Å². The van der Waals surface area contributed by atoms with Crippen molar-refractivity contribution in [2.75, 3.05) is 30.4 Å². The van der Waals surface area contributed by atoms with Crippen LogP contribution in [0.4, 0.5) is 22.2 Å². The number of anilines is 2. The smallest absolute Gasteiger partial charge is 0.414 e. The second-order valence-corrected chi connectivity index (χ2v) is 14.3. The Morgan fingerprint density at radius 3 is 2.46 bits per heavy atom. The standard InChI is InChI=1S/C31H34N8O6S/c1-20-22(18-32)26-33-28(34-29(40)45-30(2,3)4)35-38(26)27(25(20)21-12-8-7-9-13-21)37-17-16-31(5,19-37)36(6)46(43,44)24-15-11-10-14-23(24)39(41)42/h7-15H,16-17,19H2,1-6H3,(H,34,35,40)/t31-/m0/s1. The number of hydrogen-bond acceptors (Lipinski definition) is 10. The predicted octanol–water partition coefficient (Wildman–Crippen LogP) is 5.12. The van der Waals surface area contributed by atoms with Crippen LogP contribution in [0.2, 0.25) is 0 Å². The molecule has 4 aromatic rings. The van der Waals surface area contributed by atoms with Crippen molar-refractivity contribution in [1.29, 1.82) is 5.26 Å². The number of hydrogen-bond donors (Lipinski definition) is 1. The lowest BCUT2D eigenvalue weighted by atomic mass is 9.97. The number of ether oxygens (including phenoxy) is 1. The molecule has 1 aliphatic heterocycles. The molecule has 240 valence electrons. The molecular weight excluding hydrogens is 612 g/mol. The molecule has 2 aromatic carbocycles. The summed E-state index contributed by atoms with van der Waals surface area (Å²) < 4.78 is 35.7. The number of para-hydroxylation sites is 1. The van der Waals surface area contributed by atoms with E-state index in [0.717, 1.165) is 5.56 Å². The van der Waals surface area contributed by atoms with Gasteiger partial charge in [0.2, 0.25) is 10.0 Å². The quantitative estimate of drug-likeness (QED) is 0.209. The van der Waals surface area contributed by atoms with Crippen LogP contribution >= 0.6 is 0 Å². The van der Waals surface area contributed by atoms with Crippen LogP contribution in [0.5, 0.6) is 0 Å². The van der Waals surface area contributed by atoms with Crippen molar-refractivity contribution in [2.45, 2.75) is 57.1 Å². The Hall–Kier alpha value is -5.07. The van der Waals surface area contributed by atoms with Crippen LogP contribution in [0, 0.1) is 28.4 Å². The number of fused-ring (bicyclic) bond motifs is 1. The van der Waals surface area contributed by atoms with E-state index in [1.54, 1.807) is 34.6 Å². The molecule has 0 aliphatic carbocycles. The zero-order valence-electron chi connectivity index (χ0n) is 26.3. The maximum absolute atomic E-state index is 13.8. The van der Waals surface area contributed by atoms with Crippen molar-refractivity contribution in [3.63, 3.8) is 0 Å². The van der Waals surface area contributed by atoms with Gasteiger partial charge in [-0.15, -0.1) is 5.10 Å². The Morgan fingerprint density at radius 1 is 1.17 bits per heavy atom. The second-order valence-electron chi connectivity index (χ2n) is 12.3. The number of nitrogens with zero attached hydrogens (tertiary/aromatic N) is 7. The molecule has 1 saturated heterocycles. The largest absolute Gasteiger partial charge is 0.444 e. The molecule has 3 heterocycles. The van der Waals surface area contributed by atoms with Crippen LogP contribution < -0.4 is 10.2 Å². The van der Waals surface area contributed by atoms with E-state index in [1.165, 1.54) is 40.1 Å². The number of aromatic nitrogens is 3. The number of amides is 1. The number of nitro benzene ring substituents is 1. The highest BCUT2D eigenvalue weighted by Crippen LogP contribution is 2.42. The molecule has 0 bridgehead atoms. The Morgan fingerprint density at radius 2 is 1.83 bits per heavy atom. The lowest BCUT2D eigenvalue weighted by Crippen LogP contribution is -2.49. The van der Waals surface area contributed by atoms with Gasteiger partial charge in [0, 0.05) is 31.8 Å². The van der Waals surface area contributed by atoms with Gasteiger partial charge in [-0.25, -0.2) is 13.2 Å². The summed E-state index contributed by atoms with van der Waals surface area (Å²) in [5.74, 6) is 0.470. The highest BCUT2D eigenvalue weighted by atomic mass is 32.2. The third-order valence-corrected chi connectivity index (χ3v) is 10.1. The van der Waals surface area contributed by atoms with E-state index in [9.17, 15) is 28.6 Å². The molecule has 1 N–H and O–H groups in total. The fourth-order valence-corrected chi connectivity index (χ4v) is 7.34. The third kappa shape index (κ3) is 5.84. The highest BCUT2D eigenvalue weighted by Gasteiger charge is 2.46. The molecule has 1 aliphatic rings. The number of carbonyl (C=O) groups excluding carboxylic acids is 1. The monoisotopic (exact) mass is 646 g/mol. The van der Waals surface area contributed by atoms with E-state index >= 15 is 0 Å². The first-order chi connectivity index (χ1) is 21.6. The minimum Gasteiger partial charge on any atom is -0.444 e.